The highest BCUT2D eigenvalue weighted by Gasteiger charge is 2.40. The minimum Gasteiger partial charge on any atom is -0.373 e. The second-order valence-electron chi connectivity index (χ2n) is 4.38. The van der Waals surface area contributed by atoms with Crippen LogP contribution < -0.4 is 5.32 Å². The minimum absolute atomic E-state index is 0.548. The fourth-order valence-electron chi connectivity index (χ4n) is 2.52. The zero-order valence-electron chi connectivity index (χ0n) is 8.59. The van der Waals surface area contributed by atoms with Crippen LogP contribution in [0.3, 0.4) is 0 Å². The van der Waals surface area contributed by atoms with Crippen molar-refractivity contribution in [1.82, 2.24) is 5.32 Å². The summed E-state index contributed by atoms with van der Waals surface area (Å²) in [5.74, 6) is 0. The summed E-state index contributed by atoms with van der Waals surface area (Å²) in [6.07, 6.45) is 8.99. The van der Waals surface area contributed by atoms with E-state index in [1.54, 1.807) is 0 Å². The Morgan fingerprint density at radius 1 is 1.31 bits per heavy atom. The normalized spacial score (nSPS) is 37.2. The lowest BCUT2D eigenvalue weighted by atomic mass is 9.95. The Balaban J connectivity index is 1.60. The van der Waals surface area contributed by atoms with Gasteiger partial charge in [0.25, 0.3) is 0 Å². The molecule has 0 spiro atoms. The van der Waals surface area contributed by atoms with Crippen LogP contribution in [0.15, 0.2) is 0 Å². The SMILES string of the molecule is CCCCCNC1CC2CCC1O2. The molecule has 0 amide bonds. The van der Waals surface area contributed by atoms with E-state index in [0.717, 1.165) is 0 Å². The summed E-state index contributed by atoms with van der Waals surface area (Å²) in [5.41, 5.74) is 0. The van der Waals surface area contributed by atoms with Crippen molar-refractivity contribution < 1.29 is 4.74 Å². The molecule has 0 saturated carbocycles. The molecule has 2 heteroatoms. The highest BCUT2D eigenvalue weighted by Crippen LogP contribution is 2.34. The van der Waals surface area contributed by atoms with Crippen molar-refractivity contribution in [3.63, 3.8) is 0 Å². The number of hydrogen-bond donors (Lipinski definition) is 1. The lowest BCUT2D eigenvalue weighted by Crippen LogP contribution is -2.37. The summed E-state index contributed by atoms with van der Waals surface area (Å²) >= 11 is 0. The van der Waals surface area contributed by atoms with E-state index in [-0.39, 0.29) is 0 Å². The molecule has 2 heterocycles. The Morgan fingerprint density at radius 3 is 2.85 bits per heavy atom. The predicted molar refractivity (Wildman–Crippen MR) is 53.8 cm³/mol. The molecule has 0 aromatic heterocycles. The van der Waals surface area contributed by atoms with E-state index in [0.29, 0.717) is 18.2 Å². The van der Waals surface area contributed by atoms with E-state index in [1.807, 2.05) is 0 Å². The molecule has 3 unspecified atom stereocenters. The van der Waals surface area contributed by atoms with E-state index in [1.165, 1.54) is 45.1 Å². The van der Waals surface area contributed by atoms with Crippen LogP contribution in [-0.4, -0.2) is 24.8 Å². The van der Waals surface area contributed by atoms with Crippen molar-refractivity contribution in [1.29, 1.82) is 0 Å². The molecule has 76 valence electrons. The lowest BCUT2D eigenvalue weighted by molar-refractivity contribution is 0.0974. The molecule has 3 atom stereocenters. The third-order valence-electron chi connectivity index (χ3n) is 3.29. The van der Waals surface area contributed by atoms with E-state index < -0.39 is 0 Å². The molecular formula is C11H21NO. The molecule has 2 rings (SSSR count). The lowest BCUT2D eigenvalue weighted by Gasteiger charge is -2.19. The average molecular weight is 183 g/mol. The summed E-state index contributed by atoms with van der Waals surface area (Å²) in [5, 5.41) is 3.62. The number of rotatable bonds is 5. The molecule has 1 N–H and O–H groups in total. The van der Waals surface area contributed by atoms with Gasteiger partial charge in [0.05, 0.1) is 12.2 Å². The summed E-state index contributed by atoms with van der Waals surface area (Å²) in [6.45, 7) is 3.44. The number of nitrogens with one attached hydrogen (secondary N) is 1. The second kappa shape index (κ2) is 4.43. The molecule has 2 nitrogen and oxygen atoms in total. The number of fused-ring (bicyclic) bond motifs is 2. The minimum atomic E-state index is 0.548. The first-order chi connectivity index (χ1) is 6.40. The van der Waals surface area contributed by atoms with Gasteiger partial charge in [-0.05, 0) is 32.2 Å². The van der Waals surface area contributed by atoms with Gasteiger partial charge in [-0.15, -0.1) is 0 Å². The van der Waals surface area contributed by atoms with Crippen LogP contribution in [0.5, 0.6) is 0 Å². The van der Waals surface area contributed by atoms with Crippen LogP contribution in [0.4, 0.5) is 0 Å². The smallest absolute Gasteiger partial charge is 0.0733 e. The monoisotopic (exact) mass is 183 g/mol. The molecule has 2 bridgehead atoms. The highest BCUT2D eigenvalue weighted by molar-refractivity contribution is 4.93. The second-order valence-corrected chi connectivity index (χ2v) is 4.38. The summed E-state index contributed by atoms with van der Waals surface area (Å²) in [6, 6.07) is 0.676. The Bertz CT molecular complexity index is 160. The fraction of sp³-hybridized carbons (Fsp3) is 1.00. The number of unbranched alkanes of at least 4 members (excludes halogenated alkanes) is 2. The van der Waals surface area contributed by atoms with E-state index in [2.05, 4.69) is 12.2 Å². The molecule has 2 aliphatic heterocycles. The van der Waals surface area contributed by atoms with E-state index in [4.69, 9.17) is 4.74 Å². The molecule has 0 radical (unpaired) electrons. The third-order valence-corrected chi connectivity index (χ3v) is 3.29. The van der Waals surface area contributed by atoms with Crippen LogP contribution in [0.25, 0.3) is 0 Å². The number of hydrogen-bond acceptors (Lipinski definition) is 2. The van der Waals surface area contributed by atoms with Crippen molar-refractivity contribution in [3.05, 3.63) is 0 Å². The van der Waals surface area contributed by atoms with Crippen molar-refractivity contribution >= 4 is 0 Å². The van der Waals surface area contributed by atoms with Crippen molar-refractivity contribution in [2.45, 2.75) is 63.7 Å². The molecule has 13 heavy (non-hydrogen) atoms. The van der Waals surface area contributed by atoms with Gasteiger partial charge >= 0.3 is 0 Å². The quantitative estimate of drug-likeness (QED) is 0.659. The van der Waals surface area contributed by atoms with Gasteiger partial charge in [-0.2, -0.15) is 0 Å². The summed E-state index contributed by atoms with van der Waals surface area (Å²) in [7, 11) is 0. The van der Waals surface area contributed by atoms with Crippen molar-refractivity contribution in [3.8, 4) is 0 Å². The summed E-state index contributed by atoms with van der Waals surface area (Å²) < 4.78 is 5.78. The standard InChI is InChI=1S/C11H21NO/c1-2-3-4-7-12-10-8-9-5-6-11(10)13-9/h9-12H,2-8H2,1H3. The Kier molecular flexibility index (Phi) is 3.23. The topological polar surface area (TPSA) is 21.3 Å². The van der Waals surface area contributed by atoms with Gasteiger partial charge in [0.1, 0.15) is 0 Å². The first-order valence-corrected chi connectivity index (χ1v) is 5.79. The Labute approximate surface area is 81.0 Å². The van der Waals surface area contributed by atoms with Gasteiger partial charge in [0, 0.05) is 6.04 Å². The maximum absolute atomic E-state index is 5.78. The van der Waals surface area contributed by atoms with Crippen LogP contribution >= 0.6 is 0 Å². The summed E-state index contributed by atoms with van der Waals surface area (Å²) in [4.78, 5) is 0. The van der Waals surface area contributed by atoms with Crippen LogP contribution in [0, 0.1) is 0 Å². The molecule has 0 aromatic carbocycles. The first kappa shape index (κ1) is 9.47. The zero-order chi connectivity index (χ0) is 9.10. The fourth-order valence-corrected chi connectivity index (χ4v) is 2.52. The number of ether oxygens (including phenoxy) is 1. The molecule has 2 saturated heterocycles. The predicted octanol–water partition coefficient (Wildman–Crippen LogP) is 2.09. The van der Waals surface area contributed by atoms with Crippen LogP contribution in [0.1, 0.15) is 45.4 Å². The average Bonchev–Trinajstić information content (AvgIpc) is 2.73. The molecule has 0 aliphatic carbocycles. The van der Waals surface area contributed by atoms with Crippen molar-refractivity contribution in [2.24, 2.45) is 0 Å². The van der Waals surface area contributed by atoms with E-state index in [9.17, 15) is 0 Å². The zero-order valence-corrected chi connectivity index (χ0v) is 8.59. The largest absolute Gasteiger partial charge is 0.373 e. The highest BCUT2D eigenvalue weighted by atomic mass is 16.5. The van der Waals surface area contributed by atoms with Gasteiger partial charge in [0.15, 0.2) is 0 Å². The maximum Gasteiger partial charge on any atom is 0.0733 e. The molecule has 2 fully saturated rings. The van der Waals surface area contributed by atoms with Gasteiger partial charge in [0.2, 0.25) is 0 Å². The Morgan fingerprint density at radius 2 is 2.23 bits per heavy atom. The van der Waals surface area contributed by atoms with Gasteiger partial charge in [-0.25, -0.2) is 0 Å². The Hall–Kier alpha value is -0.0800. The molecule has 2 aliphatic rings. The van der Waals surface area contributed by atoms with Gasteiger partial charge < -0.3 is 10.1 Å². The van der Waals surface area contributed by atoms with Crippen LogP contribution in [-0.2, 0) is 4.74 Å². The maximum atomic E-state index is 5.78. The molecule has 0 aromatic rings. The van der Waals surface area contributed by atoms with E-state index >= 15 is 0 Å². The van der Waals surface area contributed by atoms with Gasteiger partial charge in [-0.1, -0.05) is 19.8 Å². The van der Waals surface area contributed by atoms with Crippen molar-refractivity contribution in [2.75, 3.05) is 6.54 Å². The first-order valence-electron chi connectivity index (χ1n) is 5.79. The molecular weight excluding hydrogens is 162 g/mol. The van der Waals surface area contributed by atoms with Gasteiger partial charge in [-0.3, -0.25) is 0 Å². The van der Waals surface area contributed by atoms with Crippen LogP contribution in [0.2, 0.25) is 0 Å². The third kappa shape index (κ3) is 2.23.